The monoisotopic (exact) mass is 323 g/mol. The van der Waals surface area contributed by atoms with E-state index in [0.717, 1.165) is 0 Å². The lowest BCUT2D eigenvalue weighted by atomic mass is 9.88. The fraction of sp³-hybridized carbons (Fsp3) is 0.800. The average molecular weight is 324 g/mol. The SMILES string of the molecule is CC(O)[C@@]1(Br)C(=O)N2[C@@H](C(=O)O)C(C)(C)S[C@@H]21. The lowest BCUT2D eigenvalue weighted by molar-refractivity contribution is -0.164. The van der Waals surface area contributed by atoms with E-state index in [2.05, 4.69) is 15.9 Å². The van der Waals surface area contributed by atoms with Crippen molar-refractivity contribution < 1.29 is 19.8 Å². The number of β-lactam (4-membered cyclic amide) rings is 1. The minimum atomic E-state index is -1.04. The fourth-order valence-corrected chi connectivity index (χ4v) is 4.85. The molecule has 2 N–H and O–H groups in total. The highest BCUT2D eigenvalue weighted by Gasteiger charge is 2.72. The standard InChI is InChI=1S/C10H14BrNO4S/c1-4(13)10(11)7(16)12-5(6(14)15)9(2,3)17-8(10)12/h4-5,8,13H,1-3H3,(H,14,15)/t4?,5-,8+,10+/m0/s1. The highest BCUT2D eigenvalue weighted by Crippen LogP contribution is 2.58. The Balaban J connectivity index is 2.37. The Bertz CT molecular complexity index is 400. The zero-order chi connectivity index (χ0) is 13.2. The summed E-state index contributed by atoms with van der Waals surface area (Å²) in [5.41, 5.74) is 0. The number of rotatable bonds is 2. The van der Waals surface area contributed by atoms with E-state index >= 15 is 0 Å². The maximum atomic E-state index is 12.1. The van der Waals surface area contributed by atoms with Gasteiger partial charge in [-0.3, -0.25) is 4.79 Å². The van der Waals surface area contributed by atoms with Crippen LogP contribution >= 0.6 is 27.7 Å². The number of carboxylic acid groups (broad SMARTS) is 1. The van der Waals surface area contributed by atoms with Gasteiger partial charge in [-0.25, -0.2) is 4.79 Å². The maximum absolute atomic E-state index is 12.1. The molecule has 2 rings (SSSR count). The number of hydrogen-bond acceptors (Lipinski definition) is 4. The molecule has 0 aromatic rings. The summed E-state index contributed by atoms with van der Waals surface area (Å²) in [7, 11) is 0. The van der Waals surface area contributed by atoms with E-state index in [1.54, 1.807) is 13.8 Å². The second kappa shape index (κ2) is 3.61. The Morgan fingerprint density at radius 2 is 2.12 bits per heavy atom. The Morgan fingerprint density at radius 3 is 2.53 bits per heavy atom. The van der Waals surface area contributed by atoms with E-state index in [1.165, 1.54) is 23.6 Å². The number of nitrogens with zero attached hydrogens (tertiary/aromatic N) is 1. The molecule has 0 aliphatic carbocycles. The van der Waals surface area contributed by atoms with Gasteiger partial charge in [0.05, 0.1) is 6.10 Å². The molecule has 0 saturated carbocycles. The summed E-state index contributed by atoms with van der Waals surface area (Å²) in [5, 5.41) is 18.6. The average Bonchev–Trinajstić information content (AvgIpc) is 2.46. The molecule has 0 radical (unpaired) electrons. The number of alkyl halides is 1. The van der Waals surface area contributed by atoms with Crippen LogP contribution in [-0.2, 0) is 9.59 Å². The summed E-state index contributed by atoms with van der Waals surface area (Å²) < 4.78 is -1.60. The Kier molecular flexibility index (Phi) is 2.80. The second-order valence-electron chi connectivity index (χ2n) is 4.97. The first-order valence-electron chi connectivity index (χ1n) is 5.24. The molecule has 0 aromatic heterocycles. The molecule has 96 valence electrons. The summed E-state index contributed by atoms with van der Waals surface area (Å²) in [6.45, 7) is 5.14. The number of aliphatic carboxylic acids is 1. The van der Waals surface area contributed by atoms with E-state index in [9.17, 15) is 19.8 Å². The number of carbonyl (C=O) groups is 2. The summed E-state index contributed by atoms with van der Waals surface area (Å²) in [6, 6.07) is -0.838. The lowest BCUT2D eigenvalue weighted by Gasteiger charge is -2.51. The van der Waals surface area contributed by atoms with Gasteiger partial charge in [-0.2, -0.15) is 0 Å². The molecule has 2 aliphatic rings. The number of aliphatic hydroxyl groups is 1. The van der Waals surface area contributed by atoms with Gasteiger partial charge in [0.1, 0.15) is 11.4 Å². The van der Waals surface area contributed by atoms with Crippen LogP contribution in [0, 0.1) is 0 Å². The first-order valence-corrected chi connectivity index (χ1v) is 6.91. The van der Waals surface area contributed by atoms with Crippen molar-refractivity contribution in [2.75, 3.05) is 0 Å². The summed E-state index contributed by atoms with van der Waals surface area (Å²) in [5.74, 6) is -1.35. The smallest absolute Gasteiger partial charge is 0.327 e. The van der Waals surface area contributed by atoms with Crippen molar-refractivity contribution >= 4 is 39.6 Å². The van der Waals surface area contributed by atoms with Crippen LogP contribution in [0.1, 0.15) is 20.8 Å². The van der Waals surface area contributed by atoms with Gasteiger partial charge in [-0.05, 0) is 20.8 Å². The van der Waals surface area contributed by atoms with E-state index < -0.39 is 27.2 Å². The number of carbonyl (C=O) groups excluding carboxylic acids is 1. The second-order valence-corrected chi connectivity index (χ2v) is 8.02. The van der Waals surface area contributed by atoms with E-state index in [4.69, 9.17) is 0 Å². The topological polar surface area (TPSA) is 77.8 Å². The first-order chi connectivity index (χ1) is 7.64. The van der Waals surface area contributed by atoms with Gasteiger partial charge in [0.15, 0.2) is 4.32 Å². The molecule has 5 nitrogen and oxygen atoms in total. The van der Waals surface area contributed by atoms with Crippen LogP contribution in [0.15, 0.2) is 0 Å². The molecule has 0 spiro atoms. The normalized spacial score (nSPS) is 40.8. The van der Waals surface area contributed by atoms with Gasteiger partial charge in [-0.1, -0.05) is 15.9 Å². The third kappa shape index (κ3) is 1.48. The number of aliphatic hydroxyl groups excluding tert-OH is 1. The predicted molar refractivity (Wildman–Crippen MR) is 67.1 cm³/mol. The van der Waals surface area contributed by atoms with Crippen LogP contribution in [0.25, 0.3) is 0 Å². The Morgan fingerprint density at radius 1 is 1.59 bits per heavy atom. The predicted octanol–water partition coefficient (Wildman–Crippen LogP) is 0.648. The molecular weight excluding hydrogens is 310 g/mol. The Hall–Kier alpha value is -0.270. The highest BCUT2D eigenvalue weighted by atomic mass is 79.9. The summed E-state index contributed by atoms with van der Waals surface area (Å²) >= 11 is 4.69. The maximum Gasteiger partial charge on any atom is 0.327 e. The third-order valence-corrected chi connectivity index (χ3v) is 6.76. The third-order valence-electron chi connectivity index (χ3n) is 3.37. The van der Waals surface area contributed by atoms with Crippen LogP contribution in [0.5, 0.6) is 0 Å². The van der Waals surface area contributed by atoms with Crippen LogP contribution in [0.3, 0.4) is 0 Å². The molecule has 2 aliphatic heterocycles. The fourth-order valence-electron chi connectivity index (χ4n) is 2.43. The first kappa shape index (κ1) is 13.2. The quantitative estimate of drug-likeness (QED) is 0.576. The van der Waals surface area contributed by atoms with Crippen LogP contribution in [0.2, 0.25) is 0 Å². The van der Waals surface area contributed by atoms with Crippen LogP contribution in [0.4, 0.5) is 0 Å². The molecule has 0 aromatic carbocycles. The van der Waals surface area contributed by atoms with Crippen molar-refractivity contribution in [1.82, 2.24) is 4.90 Å². The van der Waals surface area contributed by atoms with Gasteiger partial charge in [0.2, 0.25) is 5.91 Å². The molecule has 4 atom stereocenters. The molecule has 2 saturated heterocycles. The number of hydrogen-bond donors (Lipinski definition) is 2. The van der Waals surface area contributed by atoms with Crippen LogP contribution in [-0.4, -0.2) is 53.6 Å². The number of thioether (sulfide) groups is 1. The zero-order valence-corrected chi connectivity index (χ0v) is 12.1. The number of fused-ring (bicyclic) bond motifs is 1. The van der Waals surface area contributed by atoms with Crippen molar-refractivity contribution in [2.45, 2.75) is 47.4 Å². The van der Waals surface area contributed by atoms with E-state index in [0.29, 0.717) is 0 Å². The van der Waals surface area contributed by atoms with Crippen molar-refractivity contribution in [2.24, 2.45) is 0 Å². The van der Waals surface area contributed by atoms with Gasteiger partial charge in [-0.15, -0.1) is 11.8 Å². The van der Waals surface area contributed by atoms with Crippen molar-refractivity contribution in [3.8, 4) is 0 Å². The lowest BCUT2D eigenvalue weighted by Crippen LogP contribution is -2.74. The van der Waals surface area contributed by atoms with Gasteiger partial charge in [0, 0.05) is 4.75 Å². The Labute approximate surface area is 112 Å². The molecular formula is C10H14BrNO4S. The molecule has 17 heavy (non-hydrogen) atoms. The number of halogens is 1. The highest BCUT2D eigenvalue weighted by molar-refractivity contribution is 9.10. The van der Waals surface area contributed by atoms with E-state index in [1.807, 2.05) is 0 Å². The van der Waals surface area contributed by atoms with Gasteiger partial charge < -0.3 is 15.1 Å². The minimum Gasteiger partial charge on any atom is -0.480 e. The molecule has 2 heterocycles. The van der Waals surface area contributed by atoms with Crippen molar-refractivity contribution in [3.63, 3.8) is 0 Å². The van der Waals surface area contributed by atoms with Gasteiger partial charge in [0.25, 0.3) is 0 Å². The molecule has 1 amide bonds. The largest absolute Gasteiger partial charge is 0.480 e. The zero-order valence-electron chi connectivity index (χ0n) is 9.68. The van der Waals surface area contributed by atoms with Crippen LogP contribution < -0.4 is 0 Å². The molecule has 7 heteroatoms. The summed E-state index contributed by atoms with van der Waals surface area (Å²) in [4.78, 5) is 24.7. The van der Waals surface area contributed by atoms with E-state index in [-0.39, 0.29) is 11.3 Å². The molecule has 1 unspecified atom stereocenters. The summed E-state index contributed by atoms with van der Waals surface area (Å²) in [6.07, 6.45) is -0.855. The molecule has 0 bridgehead atoms. The van der Waals surface area contributed by atoms with Crippen molar-refractivity contribution in [1.29, 1.82) is 0 Å². The molecule has 2 fully saturated rings. The van der Waals surface area contributed by atoms with Crippen molar-refractivity contribution in [3.05, 3.63) is 0 Å². The van der Waals surface area contributed by atoms with Gasteiger partial charge >= 0.3 is 5.97 Å². The minimum absolute atomic E-state index is 0.328. The number of amides is 1. The number of carboxylic acids is 1.